The Balaban J connectivity index is 2.47. The smallest absolute Gasteiger partial charge is 0.271 e. The molecule has 1 N–H and O–H groups in total. The van der Waals surface area contributed by atoms with Gasteiger partial charge in [-0.05, 0) is 43.8 Å². The summed E-state index contributed by atoms with van der Waals surface area (Å²) in [5, 5.41) is 7.40. The van der Waals surface area contributed by atoms with Crippen LogP contribution in [0.5, 0.6) is 0 Å². The maximum absolute atomic E-state index is 13.0. The average molecular weight is 289 g/mol. The second-order valence-electron chi connectivity index (χ2n) is 4.97. The summed E-state index contributed by atoms with van der Waals surface area (Å²) in [6, 6.07) is 7.92. The van der Waals surface area contributed by atoms with Gasteiger partial charge in [-0.1, -0.05) is 13.3 Å². The van der Waals surface area contributed by atoms with Crippen LogP contribution in [0.2, 0.25) is 0 Å². The van der Waals surface area contributed by atoms with Gasteiger partial charge in [0.1, 0.15) is 5.82 Å². The predicted octanol–water partition coefficient (Wildman–Crippen LogP) is 2.57. The SMILES string of the molecule is CCCCn1nc(-c2ccc(F)cc2)cc(CNC)c1=O. The average Bonchev–Trinajstić information content (AvgIpc) is 2.49. The van der Waals surface area contributed by atoms with Crippen LogP contribution in [-0.4, -0.2) is 16.8 Å². The number of benzene rings is 1. The van der Waals surface area contributed by atoms with Crippen LogP contribution in [0.25, 0.3) is 11.3 Å². The second kappa shape index (κ2) is 7.13. The number of unbranched alkanes of at least 4 members (excludes halogenated alkanes) is 1. The summed E-state index contributed by atoms with van der Waals surface area (Å²) in [6.07, 6.45) is 1.90. The number of aromatic nitrogens is 2. The van der Waals surface area contributed by atoms with Gasteiger partial charge in [0.2, 0.25) is 0 Å². The maximum Gasteiger partial charge on any atom is 0.271 e. The van der Waals surface area contributed by atoms with Gasteiger partial charge in [0, 0.05) is 24.2 Å². The van der Waals surface area contributed by atoms with Crippen molar-refractivity contribution in [3.63, 3.8) is 0 Å². The van der Waals surface area contributed by atoms with Gasteiger partial charge in [-0.15, -0.1) is 0 Å². The van der Waals surface area contributed by atoms with Gasteiger partial charge in [0.25, 0.3) is 5.56 Å². The van der Waals surface area contributed by atoms with Crippen molar-refractivity contribution in [1.82, 2.24) is 15.1 Å². The van der Waals surface area contributed by atoms with Gasteiger partial charge in [-0.3, -0.25) is 4.79 Å². The van der Waals surface area contributed by atoms with Crippen molar-refractivity contribution in [2.24, 2.45) is 0 Å². The van der Waals surface area contributed by atoms with E-state index in [0.717, 1.165) is 18.4 Å². The Morgan fingerprint density at radius 1 is 1.29 bits per heavy atom. The van der Waals surface area contributed by atoms with Crippen LogP contribution in [0, 0.1) is 5.82 Å². The number of hydrogen-bond acceptors (Lipinski definition) is 3. The Kier molecular flexibility index (Phi) is 5.22. The quantitative estimate of drug-likeness (QED) is 0.889. The third-order valence-corrected chi connectivity index (χ3v) is 3.28. The lowest BCUT2D eigenvalue weighted by atomic mass is 10.1. The largest absolute Gasteiger partial charge is 0.315 e. The highest BCUT2D eigenvalue weighted by molar-refractivity contribution is 5.58. The van der Waals surface area contributed by atoms with Crippen LogP contribution >= 0.6 is 0 Å². The molecule has 0 aliphatic rings. The van der Waals surface area contributed by atoms with Crippen molar-refractivity contribution in [3.05, 3.63) is 52.1 Å². The summed E-state index contributed by atoms with van der Waals surface area (Å²) in [5.41, 5.74) is 2.10. The summed E-state index contributed by atoms with van der Waals surface area (Å²) in [5.74, 6) is -0.284. The molecule has 2 rings (SSSR count). The van der Waals surface area contributed by atoms with E-state index in [0.29, 0.717) is 24.3 Å². The third kappa shape index (κ3) is 3.76. The first-order chi connectivity index (χ1) is 10.2. The van der Waals surface area contributed by atoms with E-state index in [-0.39, 0.29) is 11.4 Å². The Hall–Kier alpha value is -2.01. The fourth-order valence-corrected chi connectivity index (χ4v) is 2.14. The highest BCUT2D eigenvalue weighted by Crippen LogP contribution is 2.17. The molecule has 2 aromatic rings. The summed E-state index contributed by atoms with van der Waals surface area (Å²) >= 11 is 0. The molecule has 0 saturated heterocycles. The van der Waals surface area contributed by atoms with Crippen molar-refractivity contribution >= 4 is 0 Å². The zero-order valence-corrected chi connectivity index (χ0v) is 12.4. The first-order valence-electron chi connectivity index (χ1n) is 7.17. The Morgan fingerprint density at radius 2 is 2.00 bits per heavy atom. The molecule has 0 bridgehead atoms. The molecule has 1 heterocycles. The minimum Gasteiger partial charge on any atom is -0.315 e. The van der Waals surface area contributed by atoms with Crippen LogP contribution in [0.1, 0.15) is 25.3 Å². The lowest BCUT2D eigenvalue weighted by Crippen LogP contribution is -2.28. The van der Waals surface area contributed by atoms with E-state index in [1.54, 1.807) is 25.2 Å². The number of aryl methyl sites for hydroxylation is 1. The van der Waals surface area contributed by atoms with E-state index < -0.39 is 0 Å². The van der Waals surface area contributed by atoms with Crippen LogP contribution in [0.15, 0.2) is 35.1 Å². The van der Waals surface area contributed by atoms with E-state index in [4.69, 9.17) is 0 Å². The van der Waals surface area contributed by atoms with Crippen LogP contribution in [0.4, 0.5) is 4.39 Å². The van der Waals surface area contributed by atoms with Crippen molar-refractivity contribution in [2.75, 3.05) is 7.05 Å². The topological polar surface area (TPSA) is 46.9 Å². The molecule has 5 heteroatoms. The maximum atomic E-state index is 13.0. The number of nitrogens with one attached hydrogen (secondary N) is 1. The molecule has 0 radical (unpaired) electrons. The van der Waals surface area contributed by atoms with Crippen LogP contribution in [-0.2, 0) is 13.1 Å². The standard InChI is InChI=1S/C16H20FN3O/c1-3-4-9-20-16(21)13(11-18-2)10-15(19-20)12-5-7-14(17)8-6-12/h5-8,10,18H,3-4,9,11H2,1-2H3. The van der Waals surface area contributed by atoms with Crippen LogP contribution < -0.4 is 10.9 Å². The molecule has 0 atom stereocenters. The molecular formula is C16H20FN3O. The Labute approximate surface area is 123 Å². The minimum atomic E-state index is -0.284. The highest BCUT2D eigenvalue weighted by Gasteiger charge is 2.09. The third-order valence-electron chi connectivity index (χ3n) is 3.28. The van der Waals surface area contributed by atoms with Gasteiger partial charge in [0.15, 0.2) is 0 Å². The number of nitrogens with zero attached hydrogens (tertiary/aromatic N) is 2. The van der Waals surface area contributed by atoms with Gasteiger partial charge in [0.05, 0.1) is 5.69 Å². The van der Waals surface area contributed by atoms with E-state index >= 15 is 0 Å². The zero-order chi connectivity index (χ0) is 15.2. The molecule has 0 fully saturated rings. The van der Waals surface area contributed by atoms with Crippen molar-refractivity contribution in [3.8, 4) is 11.3 Å². The van der Waals surface area contributed by atoms with E-state index in [1.807, 2.05) is 0 Å². The fourth-order valence-electron chi connectivity index (χ4n) is 2.14. The monoisotopic (exact) mass is 289 g/mol. The molecule has 112 valence electrons. The molecule has 0 amide bonds. The number of halogens is 1. The molecule has 21 heavy (non-hydrogen) atoms. The van der Waals surface area contributed by atoms with Crippen molar-refractivity contribution < 1.29 is 4.39 Å². The molecule has 1 aromatic heterocycles. The first kappa shape index (κ1) is 15.4. The summed E-state index contributed by atoms with van der Waals surface area (Å²) in [4.78, 5) is 12.3. The predicted molar refractivity (Wildman–Crippen MR) is 81.6 cm³/mol. The van der Waals surface area contributed by atoms with Gasteiger partial charge >= 0.3 is 0 Å². The molecule has 0 aliphatic heterocycles. The van der Waals surface area contributed by atoms with Crippen molar-refractivity contribution in [1.29, 1.82) is 0 Å². The van der Waals surface area contributed by atoms with E-state index in [1.165, 1.54) is 16.8 Å². The zero-order valence-electron chi connectivity index (χ0n) is 12.4. The number of rotatable bonds is 6. The van der Waals surface area contributed by atoms with Gasteiger partial charge in [-0.2, -0.15) is 5.10 Å². The molecule has 0 saturated carbocycles. The summed E-state index contributed by atoms with van der Waals surface area (Å²) < 4.78 is 14.5. The normalized spacial score (nSPS) is 10.8. The molecule has 0 spiro atoms. The molecule has 0 aliphatic carbocycles. The minimum absolute atomic E-state index is 0.0661. The van der Waals surface area contributed by atoms with Crippen molar-refractivity contribution in [2.45, 2.75) is 32.9 Å². The Bertz CT molecular complexity index is 650. The summed E-state index contributed by atoms with van der Waals surface area (Å²) in [6.45, 7) is 3.16. The Morgan fingerprint density at radius 3 is 2.62 bits per heavy atom. The summed E-state index contributed by atoms with van der Waals surface area (Å²) in [7, 11) is 1.80. The second-order valence-corrected chi connectivity index (χ2v) is 4.97. The molecule has 1 aromatic carbocycles. The van der Waals surface area contributed by atoms with Gasteiger partial charge < -0.3 is 5.32 Å². The van der Waals surface area contributed by atoms with Gasteiger partial charge in [-0.25, -0.2) is 9.07 Å². The molecule has 0 unspecified atom stereocenters. The van der Waals surface area contributed by atoms with Crippen LogP contribution in [0.3, 0.4) is 0 Å². The first-order valence-corrected chi connectivity index (χ1v) is 7.17. The van der Waals surface area contributed by atoms with E-state index in [9.17, 15) is 9.18 Å². The lowest BCUT2D eigenvalue weighted by molar-refractivity contribution is 0.538. The molecular weight excluding hydrogens is 269 g/mol. The van der Waals surface area contributed by atoms with E-state index in [2.05, 4.69) is 17.3 Å². The lowest BCUT2D eigenvalue weighted by Gasteiger charge is -2.10. The fraction of sp³-hybridized carbons (Fsp3) is 0.375. The molecule has 4 nitrogen and oxygen atoms in total. The number of hydrogen-bond donors (Lipinski definition) is 1. The highest BCUT2D eigenvalue weighted by atomic mass is 19.1.